The lowest BCUT2D eigenvalue weighted by Crippen LogP contribution is -2.15. The smallest absolute Gasteiger partial charge is 0.295 e. The van der Waals surface area contributed by atoms with Crippen LogP contribution in [0.1, 0.15) is 47.3 Å². The van der Waals surface area contributed by atoms with E-state index >= 15 is 0 Å². The molecule has 1 heterocycles. The maximum Gasteiger partial charge on any atom is 0.295 e. The normalized spacial score (nSPS) is 11.0. The summed E-state index contributed by atoms with van der Waals surface area (Å²) in [5, 5.41) is 7.87. The van der Waals surface area contributed by atoms with Gasteiger partial charge in [0.05, 0.1) is 5.69 Å². The van der Waals surface area contributed by atoms with Gasteiger partial charge >= 0.3 is 0 Å². The molecule has 0 radical (unpaired) electrons. The number of rotatable bonds is 4. The summed E-state index contributed by atoms with van der Waals surface area (Å²) in [6, 6.07) is 13.4. The van der Waals surface area contributed by atoms with Gasteiger partial charge in [-0.05, 0) is 49.1 Å². The van der Waals surface area contributed by atoms with Gasteiger partial charge in [0, 0.05) is 10.7 Å². The summed E-state index contributed by atoms with van der Waals surface area (Å²) in [7, 11) is 0. The molecule has 1 N–H and O–H groups in total. The molecule has 1 amide bonds. The zero-order chi connectivity index (χ0) is 18.8. The monoisotopic (exact) mass is 368 g/mol. The fraction of sp³-hybridized carbons (Fsp3) is 0.250. The van der Waals surface area contributed by atoms with Crippen LogP contribution >= 0.6 is 11.6 Å². The number of nitrogens with zero attached hydrogens (tertiary/aromatic N) is 3. The Labute approximate surface area is 158 Å². The third kappa shape index (κ3) is 3.48. The van der Waals surface area contributed by atoms with Crippen LogP contribution in [0.2, 0.25) is 5.02 Å². The molecule has 0 aliphatic carbocycles. The molecule has 0 aliphatic rings. The van der Waals surface area contributed by atoms with Gasteiger partial charge < -0.3 is 5.32 Å². The van der Waals surface area contributed by atoms with Crippen molar-refractivity contribution < 1.29 is 4.79 Å². The van der Waals surface area contributed by atoms with E-state index in [0.717, 1.165) is 16.8 Å². The minimum absolute atomic E-state index is 0.125. The van der Waals surface area contributed by atoms with Gasteiger partial charge in [-0.3, -0.25) is 4.79 Å². The number of halogens is 1. The first-order valence-electron chi connectivity index (χ1n) is 8.48. The molecule has 0 atom stereocenters. The fourth-order valence-electron chi connectivity index (χ4n) is 2.80. The molecule has 0 bridgehead atoms. The molecule has 26 heavy (non-hydrogen) atoms. The largest absolute Gasteiger partial charge is 0.319 e. The van der Waals surface area contributed by atoms with Crippen LogP contribution in [0.25, 0.3) is 5.69 Å². The Hall–Kier alpha value is -2.66. The van der Waals surface area contributed by atoms with Gasteiger partial charge in [-0.25, -0.2) is 9.67 Å². The van der Waals surface area contributed by atoms with Crippen molar-refractivity contribution in [2.75, 3.05) is 5.32 Å². The highest BCUT2D eigenvalue weighted by atomic mass is 35.5. The highest BCUT2D eigenvalue weighted by molar-refractivity contribution is 6.31. The fourth-order valence-corrected chi connectivity index (χ4v) is 2.98. The van der Waals surface area contributed by atoms with E-state index in [1.807, 2.05) is 32.0 Å². The maximum absolute atomic E-state index is 12.6. The Bertz CT molecular complexity index is 962. The Morgan fingerprint density at radius 1 is 1.12 bits per heavy atom. The second-order valence-electron chi connectivity index (χ2n) is 6.47. The van der Waals surface area contributed by atoms with Crippen LogP contribution in [0.4, 0.5) is 5.69 Å². The van der Waals surface area contributed by atoms with Gasteiger partial charge in [-0.1, -0.05) is 49.7 Å². The molecule has 0 unspecified atom stereocenters. The lowest BCUT2D eigenvalue weighted by molar-refractivity contribution is 0.101. The summed E-state index contributed by atoms with van der Waals surface area (Å²) in [5.41, 5.74) is 3.55. The molecule has 6 heteroatoms. The molecule has 2 aromatic carbocycles. The molecule has 0 fully saturated rings. The summed E-state index contributed by atoms with van der Waals surface area (Å²) < 4.78 is 1.72. The van der Waals surface area contributed by atoms with E-state index in [-0.39, 0.29) is 11.7 Å². The summed E-state index contributed by atoms with van der Waals surface area (Å²) in [6.07, 6.45) is 0. The lowest BCUT2D eigenvalue weighted by Gasteiger charge is -2.12. The van der Waals surface area contributed by atoms with Gasteiger partial charge in [-0.15, -0.1) is 5.10 Å². The molecule has 3 rings (SSSR count). The number of nitrogens with one attached hydrogen (secondary N) is 1. The molecule has 1 aromatic heterocycles. The van der Waals surface area contributed by atoms with Gasteiger partial charge in [0.2, 0.25) is 5.82 Å². The second kappa shape index (κ2) is 7.30. The minimum Gasteiger partial charge on any atom is -0.319 e. The SMILES string of the molecule is Cc1c(Cl)cccc1NC(=O)c1nc(C)n(-c2ccccc2C(C)C)n1. The Morgan fingerprint density at radius 2 is 1.85 bits per heavy atom. The third-order valence-corrected chi connectivity index (χ3v) is 4.68. The maximum atomic E-state index is 12.6. The van der Waals surface area contributed by atoms with Crippen molar-refractivity contribution in [1.29, 1.82) is 0 Å². The Balaban J connectivity index is 1.94. The summed E-state index contributed by atoms with van der Waals surface area (Å²) >= 11 is 6.11. The van der Waals surface area contributed by atoms with E-state index in [9.17, 15) is 4.79 Å². The molecule has 0 aliphatic heterocycles. The first kappa shape index (κ1) is 18.1. The topological polar surface area (TPSA) is 59.8 Å². The van der Waals surface area contributed by atoms with E-state index in [4.69, 9.17) is 11.6 Å². The zero-order valence-electron chi connectivity index (χ0n) is 15.2. The first-order chi connectivity index (χ1) is 12.4. The van der Waals surface area contributed by atoms with Crippen LogP contribution < -0.4 is 5.32 Å². The van der Waals surface area contributed by atoms with Gasteiger partial charge in [0.25, 0.3) is 5.91 Å². The first-order valence-corrected chi connectivity index (χ1v) is 8.85. The Kier molecular flexibility index (Phi) is 5.09. The minimum atomic E-state index is -0.362. The highest BCUT2D eigenvalue weighted by Crippen LogP contribution is 2.25. The summed E-state index contributed by atoms with van der Waals surface area (Å²) in [4.78, 5) is 16.9. The van der Waals surface area contributed by atoms with Crippen LogP contribution in [0.15, 0.2) is 42.5 Å². The Morgan fingerprint density at radius 3 is 2.58 bits per heavy atom. The number of hydrogen-bond donors (Lipinski definition) is 1. The number of hydrogen-bond acceptors (Lipinski definition) is 3. The van der Waals surface area contributed by atoms with Crippen molar-refractivity contribution in [3.63, 3.8) is 0 Å². The van der Waals surface area contributed by atoms with Crippen LogP contribution in [0, 0.1) is 13.8 Å². The number of aromatic nitrogens is 3. The van der Waals surface area contributed by atoms with E-state index in [2.05, 4.69) is 35.3 Å². The van der Waals surface area contributed by atoms with Crippen molar-refractivity contribution in [1.82, 2.24) is 14.8 Å². The average molecular weight is 369 g/mol. The molecule has 5 nitrogen and oxygen atoms in total. The number of carbonyl (C=O) groups excluding carboxylic acids is 1. The number of para-hydroxylation sites is 1. The van der Waals surface area contributed by atoms with Gasteiger partial charge in [0.1, 0.15) is 5.82 Å². The van der Waals surface area contributed by atoms with Crippen LogP contribution in [-0.2, 0) is 0 Å². The van der Waals surface area contributed by atoms with Crippen LogP contribution in [0.3, 0.4) is 0 Å². The molecule has 0 saturated carbocycles. The standard InChI is InChI=1S/C20H21ClN4O/c1-12(2)15-8-5-6-11-18(15)25-14(4)22-19(24-25)20(26)23-17-10-7-9-16(21)13(17)3/h5-12H,1-4H3,(H,23,26). The van der Waals surface area contributed by atoms with E-state index in [0.29, 0.717) is 22.5 Å². The predicted molar refractivity (Wildman–Crippen MR) is 104 cm³/mol. The highest BCUT2D eigenvalue weighted by Gasteiger charge is 2.18. The van der Waals surface area contributed by atoms with Gasteiger partial charge in [-0.2, -0.15) is 0 Å². The third-order valence-electron chi connectivity index (χ3n) is 4.27. The quantitative estimate of drug-likeness (QED) is 0.711. The molecule has 0 saturated heterocycles. The van der Waals surface area contributed by atoms with E-state index in [1.165, 1.54) is 0 Å². The van der Waals surface area contributed by atoms with Crippen molar-refractivity contribution in [2.45, 2.75) is 33.6 Å². The van der Waals surface area contributed by atoms with E-state index < -0.39 is 0 Å². The summed E-state index contributed by atoms with van der Waals surface area (Å²) in [6.45, 7) is 7.95. The van der Waals surface area contributed by atoms with Crippen molar-refractivity contribution >= 4 is 23.2 Å². The number of anilines is 1. The van der Waals surface area contributed by atoms with Crippen LogP contribution in [-0.4, -0.2) is 20.7 Å². The number of aryl methyl sites for hydroxylation is 1. The van der Waals surface area contributed by atoms with Crippen molar-refractivity contribution in [3.05, 3.63) is 70.3 Å². The van der Waals surface area contributed by atoms with Gasteiger partial charge in [0.15, 0.2) is 0 Å². The van der Waals surface area contributed by atoms with E-state index in [1.54, 1.807) is 22.9 Å². The number of amides is 1. The van der Waals surface area contributed by atoms with Crippen LogP contribution in [0.5, 0.6) is 0 Å². The number of carbonyl (C=O) groups is 1. The molecule has 3 aromatic rings. The number of benzene rings is 2. The molecule has 0 spiro atoms. The predicted octanol–water partition coefficient (Wildman–Crippen LogP) is 4.91. The molecular formula is C20H21ClN4O. The lowest BCUT2D eigenvalue weighted by atomic mass is 10.0. The molecule has 134 valence electrons. The second-order valence-corrected chi connectivity index (χ2v) is 6.88. The molecular weight excluding hydrogens is 348 g/mol. The average Bonchev–Trinajstić information content (AvgIpc) is 3.00. The van der Waals surface area contributed by atoms with Crippen molar-refractivity contribution in [3.8, 4) is 5.69 Å². The zero-order valence-corrected chi connectivity index (χ0v) is 16.0. The summed E-state index contributed by atoms with van der Waals surface area (Å²) in [5.74, 6) is 0.756. The van der Waals surface area contributed by atoms with Crippen molar-refractivity contribution in [2.24, 2.45) is 0 Å².